The number of amides is 3. The SMILES string of the molecule is CN(C)CC[n+]1ccc(SCC2=C(C(=O)[O-])N3C(=O)[C@@H](NC(=O)C(NC(=O)c4cc(=O)c(O)cn4O)c4csc(N)n4)[C@H]3SC2)cc1. The van der Waals surface area contributed by atoms with Crippen molar-refractivity contribution in [3.8, 4) is 5.75 Å². The maximum absolute atomic E-state index is 13.5. The number of nitrogen functional groups attached to an aromatic ring is 1. The molecule has 2 aliphatic heterocycles. The number of fused-ring (bicyclic) bond motifs is 1. The molecule has 16 nitrogen and oxygen atoms in total. The number of aromatic hydroxyl groups is 1. The van der Waals surface area contributed by atoms with Gasteiger partial charge >= 0.3 is 0 Å². The van der Waals surface area contributed by atoms with Gasteiger partial charge in [-0.2, -0.15) is 4.73 Å². The topological polar surface area (TPSA) is 227 Å². The van der Waals surface area contributed by atoms with E-state index < -0.39 is 58.0 Å². The number of anilines is 1. The van der Waals surface area contributed by atoms with Crippen molar-refractivity contribution in [2.45, 2.75) is 28.9 Å². The Bertz CT molecular complexity index is 1810. The summed E-state index contributed by atoms with van der Waals surface area (Å²) in [5.41, 5.74) is 4.48. The number of carbonyl (C=O) groups excluding carboxylic acids is 4. The monoisotopic (exact) mass is 702 g/mol. The third-order valence-corrected chi connectivity index (χ3v) is 10.4. The van der Waals surface area contributed by atoms with E-state index in [9.17, 15) is 39.4 Å². The Labute approximate surface area is 279 Å². The molecule has 5 rings (SSSR count). The van der Waals surface area contributed by atoms with Gasteiger partial charge in [-0.3, -0.25) is 24.1 Å². The van der Waals surface area contributed by atoms with Crippen LogP contribution in [0.15, 0.2) is 63.1 Å². The number of aromatic nitrogens is 3. The molecule has 2 aliphatic rings. The standard InChI is InChI=1S/C28H30N8O8S3/c1-33(2)7-8-34-5-3-15(4-6-34)45-11-14-12-46-26-21(25(41)36(26)22(14)27(42)43)32-24(40)20(16-13-47-28(29)30-16)31-23(39)17-9-18(37)19(38)10-35(17)44/h3-6,9-10,13,20-21,26,44H,7-8,11-12H2,1-2H3,(H5-,29,30,31,32,38,39,40,42,43)/t20?,21-,26-/m1/s1. The molecule has 0 aromatic carbocycles. The Morgan fingerprint density at radius 1 is 1.28 bits per heavy atom. The van der Waals surface area contributed by atoms with E-state index in [1.165, 1.54) is 28.9 Å². The number of thiazole rings is 1. The second-order valence-corrected chi connectivity index (χ2v) is 13.8. The fourth-order valence-electron chi connectivity index (χ4n) is 4.79. The van der Waals surface area contributed by atoms with Gasteiger partial charge in [0.15, 0.2) is 35.9 Å². The van der Waals surface area contributed by atoms with E-state index in [0.29, 0.717) is 23.6 Å². The molecule has 3 atom stereocenters. The number of nitrogens with zero attached hydrogens (tertiary/aromatic N) is 5. The number of thioether (sulfide) groups is 2. The number of aliphatic carboxylic acids is 1. The Hall–Kier alpha value is -4.59. The van der Waals surface area contributed by atoms with Crippen LogP contribution in [0.3, 0.4) is 0 Å². The number of pyridine rings is 2. The second kappa shape index (κ2) is 14.0. The van der Waals surface area contributed by atoms with Crippen molar-refractivity contribution >= 4 is 63.7 Å². The van der Waals surface area contributed by atoms with Crippen LogP contribution in [0.1, 0.15) is 22.2 Å². The highest BCUT2D eigenvalue weighted by molar-refractivity contribution is 8.01. The number of nitrogens with one attached hydrogen (secondary N) is 2. The summed E-state index contributed by atoms with van der Waals surface area (Å²) >= 11 is 3.69. The molecule has 0 aliphatic carbocycles. The number of carboxylic acid groups (broad SMARTS) is 1. The summed E-state index contributed by atoms with van der Waals surface area (Å²) in [6.45, 7) is 1.70. The molecule has 1 saturated heterocycles. The van der Waals surface area contributed by atoms with Crippen LogP contribution < -0.4 is 31.5 Å². The minimum absolute atomic E-state index is 0.0163. The molecule has 0 radical (unpaired) electrons. The predicted octanol–water partition coefficient (Wildman–Crippen LogP) is -1.65. The quantitative estimate of drug-likeness (QED) is 0.0618. The average molecular weight is 703 g/mol. The number of carbonyl (C=O) groups is 4. The zero-order valence-corrected chi connectivity index (χ0v) is 27.4. The first kappa shape index (κ1) is 33.8. The lowest BCUT2D eigenvalue weighted by Crippen LogP contribution is -2.71. The van der Waals surface area contributed by atoms with Crippen LogP contribution in [0.2, 0.25) is 0 Å². The summed E-state index contributed by atoms with van der Waals surface area (Å²) in [6.07, 6.45) is 4.51. The first-order valence-electron chi connectivity index (χ1n) is 14.0. The van der Waals surface area contributed by atoms with Crippen molar-refractivity contribution in [1.82, 2.24) is 30.1 Å². The maximum atomic E-state index is 13.5. The van der Waals surface area contributed by atoms with Gasteiger partial charge in [-0.05, 0) is 19.7 Å². The molecule has 0 bridgehead atoms. The molecular formula is C28H30N8O8S3. The molecule has 47 heavy (non-hydrogen) atoms. The van der Waals surface area contributed by atoms with E-state index in [-0.39, 0.29) is 27.0 Å². The molecule has 5 heterocycles. The van der Waals surface area contributed by atoms with E-state index in [2.05, 4.69) is 20.5 Å². The van der Waals surface area contributed by atoms with Gasteiger partial charge in [0.05, 0.1) is 30.1 Å². The van der Waals surface area contributed by atoms with Crippen molar-refractivity contribution in [3.05, 3.63) is 75.1 Å². The van der Waals surface area contributed by atoms with E-state index in [1.54, 1.807) is 0 Å². The Kier molecular flexibility index (Phi) is 10.1. The minimum atomic E-state index is -1.52. The molecule has 3 aromatic heterocycles. The zero-order valence-electron chi connectivity index (χ0n) is 25.0. The van der Waals surface area contributed by atoms with Gasteiger partial charge in [-0.15, -0.1) is 34.9 Å². The summed E-state index contributed by atoms with van der Waals surface area (Å²) in [4.78, 5) is 72.0. The van der Waals surface area contributed by atoms with Crippen LogP contribution in [0.5, 0.6) is 5.75 Å². The highest BCUT2D eigenvalue weighted by Crippen LogP contribution is 2.41. The van der Waals surface area contributed by atoms with Gasteiger partial charge in [0.2, 0.25) is 11.3 Å². The lowest BCUT2D eigenvalue weighted by molar-refractivity contribution is -0.696. The molecule has 19 heteroatoms. The largest absolute Gasteiger partial charge is 0.543 e. The number of carboxylic acids is 1. The molecule has 3 amide bonds. The number of rotatable bonds is 12. The predicted molar refractivity (Wildman–Crippen MR) is 169 cm³/mol. The summed E-state index contributed by atoms with van der Waals surface area (Å²) in [5, 5.41) is 37.4. The fraction of sp³-hybridized carbons (Fsp3) is 0.321. The number of hydrogen-bond acceptors (Lipinski definition) is 14. The van der Waals surface area contributed by atoms with E-state index in [1.807, 2.05) is 43.2 Å². The van der Waals surface area contributed by atoms with Gasteiger partial charge in [-0.1, -0.05) is 0 Å². The van der Waals surface area contributed by atoms with Crippen LogP contribution in [0.4, 0.5) is 5.13 Å². The van der Waals surface area contributed by atoms with Crippen LogP contribution in [0.25, 0.3) is 0 Å². The molecule has 3 aromatic rings. The van der Waals surface area contributed by atoms with Crippen LogP contribution >= 0.6 is 34.9 Å². The summed E-state index contributed by atoms with van der Waals surface area (Å²) in [7, 11) is 3.99. The van der Waals surface area contributed by atoms with Crippen LogP contribution in [-0.4, -0.2) is 97.1 Å². The highest BCUT2D eigenvalue weighted by Gasteiger charge is 2.53. The van der Waals surface area contributed by atoms with E-state index in [4.69, 9.17) is 5.73 Å². The van der Waals surface area contributed by atoms with E-state index in [0.717, 1.165) is 34.2 Å². The third kappa shape index (κ3) is 7.37. The molecule has 0 saturated carbocycles. The molecule has 1 unspecified atom stereocenters. The van der Waals surface area contributed by atoms with Gasteiger partial charge in [0.25, 0.3) is 11.8 Å². The third-order valence-electron chi connectivity index (χ3n) is 7.23. The lowest BCUT2D eigenvalue weighted by Gasteiger charge is -2.51. The van der Waals surface area contributed by atoms with Crippen molar-refractivity contribution < 1.29 is 39.2 Å². The smallest absolute Gasteiger partial charge is 0.272 e. The first-order chi connectivity index (χ1) is 22.3. The number of hydrogen-bond donors (Lipinski definition) is 5. The molecule has 6 N–H and O–H groups in total. The van der Waals surface area contributed by atoms with Crippen LogP contribution in [-0.2, 0) is 20.9 Å². The van der Waals surface area contributed by atoms with Crippen molar-refractivity contribution in [3.63, 3.8) is 0 Å². The van der Waals surface area contributed by atoms with Crippen LogP contribution in [0, 0.1) is 0 Å². The second-order valence-electron chi connectivity index (χ2n) is 10.8. The Morgan fingerprint density at radius 2 is 2.00 bits per heavy atom. The summed E-state index contributed by atoms with van der Waals surface area (Å²) in [6, 6.07) is 1.88. The average Bonchev–Trinajstić information content (AvgIpc) is 3.47. The maximum Gasteiger partial charge on any atom is 0.272 e. The van der Waals surface area contributed by atoms with Crippen molar-refractivity contribution in [2.24, 2.45) is 0 Å². The number of likely N-dealkylation sites (N-methyl/N-ethyl adjacent to an activating group) is 1. The van der Waals surface area contributed by atoms with Gasteiger partial charge in [0, 0.05) is 40.0 Å². The normalized spacial score (nSPS) is 18.0. The summed E-state index contributed by atoms with van der Waals surface area (Å²) in [5.74, 6) is -4.37. The zero-order chi connectivity index (χ0) is 34.0. The van der Waals surface area contributed by atoms with Crippen molar-refractivity contribution in [2.75, 3.05) is 37.9 Å². The van der Waals surface area contributed by atoms with Gasteiger partial charge < -0.3 is 41.5 Å². The molecular weight excluding hydrogens is 673 g/mol. The highest BCUT2D eigenvalue weighted by atomic mass is 32.2. The van der Waals surface area contributed by atoms with E-state index >= 15 is 0 Å². The fourth-order valence-corrected chi connectivity index (χ4v) is 7.75. The Morgan fingerprint density at radius 3 is 2.64 bits per heavy atom. The molecule has 0 spiro atoms. The van der Waals surface area contributed by atoms with Gasteiger partial charge in [0.1, 0.15) is 17.1 Å². The first-order valence-corrected chi connectivity index (χ1v) is 16.9. The lowest BCUT2D eigenvalue weighted by atomic mass is 10.0. The van der Waals surface area contributed by atoms with Crippen molar-refractivity contribution in [1.29, 1.82) is 0 Å². The molecule has 248 valence electrons. The number of nitrogens with two attached hydrogens (primary N) is 1. The molecule has 1 fully saturated rings. The minimum Gasteiger partial charge on any atom is -0.543 e. The summed E-state index contributed by atoms with van der Waals surface area (Å²) < 4.78 is 2.26. The number of β-lactam (4-membered cyclic amide) rings is 1. The Balaban J connectivity index is 1.28. The van der Waals surface area contributed by atoms with Gasteiger partial charge in [-0.25, -0.2) is 9.55 Å².